The molecule has 0 spiro atoms. The SMILES string of the molecule is Fc1ccc(C(c2ccc(F)c(Cl)c2)c2ncc(I)[nH]2)cc1Cl. The molecule has 0 radical (unpaired) electrons. The van der Waals surface area contributed by atoms with Gasteiger partial charge in [0.15, 0.2) is 0 Å². The molecule has 0 unspecified atom stereocenters. The van der Waals surface area contributed by atoms with Gasteiger partial charge in [-0.05, 0) is 58.0 Å². The fourth-order valence-electron chi connectivity index (χ4n) is 2.35. The van der Waals surface area contributed by atoms with E-state index < -0.39 is 11.6 Å². The Morgan fingerprint density at radius 3 is 1.87 bits per heavy atom. The Morgan fingerprint density at radius 1 is 0.957 bits per heavy atom. The van der Waals surface area contributed by atoms with Crippen LogP contribution in [0, 0.1) is 15.3 Å². The molecule has 118 valence electrons. The zero-order valence-electron chi connectivity index (χ0n) is 11.5. The van der Waals surface area contributed by atoms with Crippen molar-refractivity contribution in [3.63, 3.8) is 0 Å². The van der Waals surface area contributed by atoms with E-state index in [1.54, 1.807) is 18.3 Å². The Morgan fingerprint density at radius 2 is 1.48 bits per heavy atom. The average molecular weight is 465 g/mol. The molecule has 0 amide bonds. The number of rotatable bonds is 3. The summed E-state index contributed by atoms with van der Waals surface area (Å²) in [5.74, 6) is -0.727. The van der Waals surface area contributed by atoms with Crippen LogP contribution < -0.4 is 0 Å². The maximum Gasteiger partial charge on any atom is 0.141 e. The van der Waals surface area contributed by atoms with Gasteiger partial charge in [0, 0.05) is 0 Å². The van der Waals surface area contributed by atoms with E-state index in [4.69, 9.17) is 23.2 Å². The molecule has 1 N–H and O–H groups in total. The summed E-state index contributed by atoms with van der Waals surface area (Å²) in [6, 6.07) is 8.91. The zero-order chi connectivity index (χ0) is 16.6. The van der Waals surface area contributed by atoms with Crippen LogP contribution in [0.1, 0.15) is 22.9 Å². The van der Waals surface area contributed by atoms with Gasteiger partial charge in [0.2, 0.25) is 0 Å². The Balaban J connectivity index is 2.17. The number of hydrogen-bond acceptors (Lipinski definition) is 1. The minimum Gasteiger partial charge on any atom is -0.337 e. The molecule has 2 aromatic carbocycles. The standard InChI is InChI=1S/C16H9Cl2F2IN2/c17-10-5-8(1-3-12(10)19)15(16-22-7-14(21)23-16)9-2-4-13(20)11(18)6-9/h1-7,15H,(H,22,23). The first-order valence-corrected chi connectivity index (χ1v) is 8.39. The van der Waals surface area contributed by atoms with Crippen molar-refractivity contribution in [2.75, 3.05) is 0 Å². The fraction of sp³-hybridized carbons (Fsp3) is 0.0625. The quantitative estimate of drug-likeness (QED) is 0.489. The summed E-state index contributed by atoms with van der Waals surface area (Å²) in [4.78, 5) is 7.48. The molecule has 0 saturated heterocycles. The molecule has 0 aliphatic carbocycles. The number of benzene rings is 2. The van der Waals surface area contributed by atoms with Gasteiger partial charge in [0.1, 0.15) is 17.5 Å². The molecular weight excluding hydrogens is 456 g/mol. The van der Waals surface area contributed by atoms with E-state index in [2.05, 4.69) is 32.6 Å². The lowest BCUT2D eigenvalue weighted by atomic mass is 9.90. The van der Waals surface area contributed by atoms with Gasteiger partial charge in [-0.25, -0.2) is 13.8 Å². The number of aromatic amines is 1. The normalized spacial score (nSPS) is 11.2. The van der Waals surface area contributed by atoms with Gasteiger partial charge >= 0.3 is 0 Å². The van der Waals surface area contributed by atoms with Crippen LogP contribution in [0.2, 0.25) is 10.0 Å². The van der Waals surface area contributed by atoms with Gasteiger partial charge in [0.25, 0.3) is 0 Å². The summed E-state index contributed by atoms with van der Waals surface area (Å²) in [6.07, 6.45) is 1.68. The van der Waals surface area contributed by atoms with E-state index in [0.29, 0.717) is 5.82 Å². The highest BCUT2D eigenvalue weighted by Gasteiger charge is 2.22. The average Bonchev–Trinajstić information content (AvgIpc) is 2.93. The molecule has 7 heteroatoms. The Hall–Kier alpha value is -1.18. The molecule has 1 heterocycles. The van der Waals surface area contributed by atoms with Crippen molar-refractivity contribution >= 4 is 45.8 Å². The van der Waals surface area contributed by atoms with Crippen LogP contribution in [0.15, 0.2) is 42.6 Å². The van der Waals surface area contributed by atoms with Crippen LogP contribution in [0.25, 0.3) is 0 Å². The number of nitrogens with zero attached hydrogens (tertiary/aromatic N) is 1. The minimum atomic E-state index is -0.500. The van der Waals surface area contributed by atoms with E-state index in [0.717, 1.165) is 14.8 Å². The smallest absolute Gasteiger partial charge is 0.141 e. The third-order valence-electron chi connectivity index (χ3n) is 3.39. The maximum absolute atomic E-state index is 13.5. The van der Waals surface area contributed by atoms with Crippen LogP contribution in [0.3, 0.4) is 0 Å². The summed E-state index contributed by atoms with van der Waals surface area (Å²) in [6.45, 7) is 0. The molecule has 23 heavy (non-hydrogen) atoms. The Labute approximate surface area is 155 Å². The van der Waals surface area contributed by atoms with Crippen molar-refractivity contribution in [2.24, 2.45) is 0 Å². The van der Waals surface area contributed by atoms with Crippen molar-refractivity contribution in [1.29, 1.82) is 0 Å². The lowest BCUT2D eigenvalue weighted by molar-refractivity contribution is 0.626. The van der Waals surface area contributed by atoms with E-state index in [-0.39, 0.29) is 16.0 Å². The number of H-pyrrole nitrogens is 1. The summed E-state index contributed by atoms with van der Waals surface area (Å²) < 4.78 is 27.8. The summed E-state index contributed by atoms with van der Waals surface area (Å²) >= 11 is 13.9. The highest BCUT2D eigenvalue weighted by Crippen LogP contribution is 2.34. The van der Waals surface area contributed by atoms with Crippen molar-refractivity contribution < 1.29 is 8.78 Å². The van der Waals surface area contributed by atoms with Gasteiger partial charge in [0.05, 0.1) is 25.9 Å². The molecule has 1 aromatic heterocycles. The van der Waals surface area contributed by atoms with E-state index in [1.807, 2.05) is 0 Å². The first kappa shape index (κ1) is 16.7. The predicted molar refractivity (Wildman–Crippen MR) is 95.1 cm³/mol. The zero-order valence-corrected chi connectivity index (χ0v) is 15.1. The van der Waals surface area contributed by atoms with Gasteiger partial charge in [-0.1, -0.05) is 35.3 Å². The molecule has 3 rings (SSSR count). The summed E-state index contributed by atoms with van der Waals surface area (Å²) in [7, 11) is 0. The van der Waals surface area contributed by atoms with Crippen molar-refractivity contribution in [2.45, 2.75) is 5.92 Å². The number of hydrogen-bond donors (Lipinski definition) is 1. The van der Waals surface area contributed by atoms with Crippen molar-refractivity contribution in [3.05, 3.63) is 84.9 Å². The second-order valence-electron chi connectivity index (χ2n) is 4.90. The summed E-state index contributed by atoms with van der Waals surface area (Å²) in [5.41, 5.74) is 1.45. The topological polar surface area (TPSA) is 28.7 Å². The molecule has 2 nitrogen and oxygen atoms in total. The van der Waals surface area contributed by atoms with Crippen molar-refractivity contribution in [1.82, 2.24) is 9.97 Å². The first-order chi connectivity index (χ1) is 11.0. The van der Waals surface area contributed by atoms with Crippen LogP contribution in [-0.2, 0) is 0 Å². The lowest BCUT2D eigenvalue weighted by Gasteiger charge is -2.17. The largest absolute Gasteiger partial charge is 0.337 e. The molecule has 0 bridgehead atoms. The van der Waals surface area contributed by atoms with Gasteiger partial charge in [-0.15, -0.1) is 0 Å². The number of aromatic nitrogens is 2. The molecule has 0 saturated carbocycles. The van der Waals surface area contributed by atoms with Crippen LogP contribution in [0.4, 0.5) is 8.78 Å². The van der Waals surface area contributed by atoms with E-state index >= 15 is 0 Å². The predicted octanol–water partition coefficient (Wildman–Crippen LogP) is 5.78. The van der Waals surface area contributed by atoms with E-state index in [1.165, 1.54) is 24.3 Å². The van der Waals surface area contributed by atoms with Crippen LogP contribution >= 0.6 is 45.8 Å². The second-order valence-corrected chi connectivity index (χ2v) is 6.87. The van der Waals surface area contributed by atoms with Crippen LogP contribution in [0.5, 0.6) is 0 Å². The number of nitrogens with one attached hydrogen (secondary N) is 1. The van der Waals surface area contributed by atoms with E-state index in [9.17, 15) is 8.78 Å². The molecular formula is C16H9Cl2F2IN2. The molecule has 0 aliphatic rings. The Kier molecular flexibility index (Phi) is 4.89. The molecule has 0 fully saturated rings. The van der Waals surface area contributed by atoms with Crippen molar-refractivity contribution in [3.8, 4) is 0 Å². The number of halogens is 5. The molecule has 0 aliphatic heterocycles. The van der Waals surface area contributed by atoms with Gasteiger partial charge in [-0.3, -0.25) is 0 Å². The van der Waals surface area contributed by atoms with Gasteiger partial charge in [-0.2, -0.15) is 0 Å². The third kappa shape index (κ3) is 3.51. The minimum absolute atomic E-state index is 0.0157. The maximum atomic E-state index is 13.5. The molecule has 0 atom stereocenters. The van der Waals surface area contributed by atoms with Gasteiger partial charge < -0.3 is 4.98 Å². The highest BCUT2D eigenvalue weighted by molar-refractivity contribution is 14.1. The fourth-order valence-corrected chi connectivity index (χ4v) is 3.15. The second kappa shape index (κ2) is 6.75. The highest BCUT2D eigenvalue weighted by atomic mass is 127. The number of imidazole rings is 1. The Bertz CT molecular complexity index is 816. The first-order valence-electron chi connectivity index (χ1n) is 6.56. The summed E-state index contributed by atoms with van der Waals surface area (Å²) in [5, 5.41) is 0.0314. The monoisotopic (exact) mass is 464 g/mol. The third-order valence-corrected chi connectivity index (χ3v) is 4.52. The lowest BCUT2D eigenvalue weighted by Crippen LogP contribution is -2.06. The molecule has 3 aromatic rings. The van der Waals surface area contributed by atoms with Crippen LogP contribution in [-0.4, -0.2) is 9.97 Å².